The van der Waals surface area contributed by atoms with Crippen molar-refractivity contribution in [2.45, 2.75) is 85.5 Å². The van der Waals surface area contributed by atoms with Crippen molar-refractivity contribution in [3.63, 3.8) is 0 Å². The van der Waals surface area contributed by atoms with Gasteiger partial charge in [0.2, 0.25) is 0 Å². The first-order valence-electron chi connectivity index (χ1n) is 9.14. The molecule has 2 saturated carbocycles. The van der Waals surface area contributed by atoms with Gasteiger partial charge in [0, 0.05) is 0 Å². The molecular formula is C19H37N. The minimum absolute atomic E-state index is 0.573. The molecular weight excluding hydrogens is 242 g/mol. The SMILES string of the molecule is CCCC1C2CCCC(C)(CCCN)C2CCC1(C)C. The Labute approximate surface area is 127 Å². The molecule has 118 valence electrons. The van der Waals surface area contributed by atoms with Gasteiger partial charge in [0.05, 0.1) is 0 Å². The Morgan fingerprint density at radius 2 is 1.85 bits per heavy atom. The number of nitrogens with two attached hydrogens (primary N) is 1. The largest absolute Gasteiger partial charge is 0.330 e. The first-order valence-corrected chi connectivity index (χ1v) is 9.14. The summed E-state index contributed by atoms with van der Waals surface area (Å²) in [4.78, 5) is 0. The first kappa shape index (κ1) is 16.3. The van der Waals surface area contributed by atoms with Gasteiger partial charge in [-0.15, -0.1) is 0 Å². The summed E-state index contributed by atoms with van der Waals surface area (Å²) < 4.78 is 0. The number of hydrogen-bond acceptors (Lipinski definition) is 1. The third-order valence-corrected chi connectivity index (χ3v) is 6.87. The highest BCUT2D eigenvalue weighted by molar-refractivity contribution is 5.00. The molecule has 1 nitrogen and oxygen atoms in total. The highest BCUT2D eigenvalue weighted by Gasteiger charge is 2.50. The fourth-order valence-corrected chi connectivity index (χ4v) is 5.71. The Morgan fingerprint density at radius 3 is 2.50 bits per heavy atom. The van der Waals surface area contributed by atoms with Gasteiger partial charge in [-0.05, 0) is 80.1 Å². The molecule has 2 aliphatic rings. The summed E-state index contributed by atoms with van der Waals surface area (Å²) in [6.45, 7) is 10.9. The molecule has 0 spiro atoms. The molecule has 20 heavy (non-hydrogen) atoms. The van der Waals surface area contributed by atoms with E-state index in [9.17, 15) is 0 Å². The molecule has 0 aromatic rings. The normalized spacial score (nSPS) is 40.4. The second-order valence-corrected chi connectivity index (χ2v) is 8.63. The molecule has 0 bridgehead atoms. The minimum Gasteiger partial charge on any atom is -0.330 e. The van der Waals surface area contributed by atoms with Gasteiger partial charge in [-0.3, -0.25) is 0 Å². The molecule has 2 fully saturated rings. The number of rotatable bonds is 5. The van der Waals surface area contributed by atoms with Crippen molar-refractivity contribution in [2.24, 2.45) is 34.3 Å². The Balaban J connectivity index is 2.17. The molecule has 4 unspecified atom stereocenters. The van der Waals surface area contributed by atoms with Crippen LogP contribution in [-0.2, 0) is 0 Å². The van der Waals surface area contributed by atoms with Crippen LogP contribution in [0.4, 0.5) is 0 Å². The summed E-state index contributed by atoms with van der Waals surface area (Å²) in [7, 11) is 0. The van der Waals surface area contributed by atoms with Crippen LogP contribution >= 0.6 is 0 Å². The van der Waals surface area contributed by atoms with E-state index >= 15 is 0 Å². The average Bonchev–Trinajstić information content (AvgIpc) is 2.40. The van der Waals surface area contributed by atoms with Crippen molar-refractivity contribution < 1.29 is 0 Å². The second-order valence-electron chi connectivity index (χ2n) is 8.63. The molecule has 2 N–H and O–H groups in total. The van der Waals surface area contributed by atoms with E-state index in [0.29, 0.717) is 10.8 Å². The van der Waals surface area contributed by atoms with E-state index in [1.165, 1.54) is 57.8 Å². The fourth-order valence-electron chi connectivity index (χ4n) is 5.71. The van der Waals surface area contributed by atoms with Gasteiger partial charge >= 0.3 is 0 Å². The van der Waals surface area contributed by atoms with Crippen LogP contribution in [0.2, 0.25) is 0 Å². The van der Waals surface area contributed by atoms with Crippen molar-refractivity contribution in [2.75, 3.05) is 6.54 Å². The van der Waals surface area contributed by atoms with Crippen LogP contribution in [0.15, 0.2) is 0 Å². The molecule has 0 saturated heterocycles. The van der Waals surface area contributed by atoms with E-state index in [4.69, 9.17) is 5.73 Å². The lowest BCUT2D eigenvalue weighted by Crippen LogP contribution is -2.48. The van der Waals surface area contributed by atoms with Gasteiger partial charge < -0.3 is 5.73 Å². The van der Waals surface area contributed by atoms with Crippen molar-refractivity contribution in [1.29, 1.82) is 0 Å². The maximum absolute atomic E-state index is 5.79. The maximum atomic E-state index is 5.79. The molecule has 0 amide bonds. The lowest BCUT2D eigenvalue weighted by molar-refractivity contribution is -0.0691. The van der Waals surface area contributed by atoms with Crippen molar-refractivity contribution in [1.82, 2.24) is 0 Å². The van der Waals surface area contributed by atoms with E-state index in [0.717, 1.165) is 24.3 Å². The van der Waals surface area contributed by atoms with Crippen LogP contribution in [0.3, 0.4) is 0 Å². The zero-order chi connectivity index (χ0) is 14.8. The summed E-state index contributed by atoms with van der Waals surface area (Å²) in [6, 6.07) is 0. The monoisotopic (exact) mass is 279 g/mol. The van der Waals surface area contributed by atoms with Crippen LogP contribution in [0.1, 0.15) is 85.5 Å². The minimum atomic E-state index is 0.573. The van der Waals surface area contributed by atoms with Gasteiger partial charge in [0.15, 0.2) is 0 Å². The summed E-state index contributed by atoms with van der Waals surface area (Å²) in [6.07, 6.45) is 12.7. The topological polar surface area (TPSA) is 26.0 Å². The Hall–Kier alpha value is -0.0400. The standard InChI is InChI=1S/C19H37N/c1-5-8-16-15-9-6-11-19(4,12-7-14-20)17(15)10-13-18(16,2)3/h15-17H,5-14,20H2,1-4H3. The Morgan fingerprint density at radius 1 is 1.10 bits per heavy atom. The summed E-state index contributed by atoms with van der Waals surface area (Å²) in [5.41, 5.74) is 6.95. The zero-order valence-electron chi connectivity index (χ0n) is 14.4. The molecule has 0 aromatic carbocycles. The molecule has 0 aromatic heterocycles. The van der Waals surface area contributed by atoms with Crippen LogP contribution in [-0.4, -0.2) is 6.54 Å². The van der Waals surface area contributed by atoms with E-state index < -0.39 is 0 Å². The Kier molecular flexibility index (Phi) is 5.21. The molecule has 1 heteroatoms. The van der Waals surface area contributed by atoms with E-state index in [1.54, 1.807) is 0 Å². The molecule has 0 radical (unpaired) electrons. The molecule has 2 rings (SSSR count). The van der Waals surface area contributed by atoms with Gasteiger partial charge in [-0.2, -0.15) is 0 Å². The molecule has 4 atom stereocenters. The van der Waals surface area contributed by atoms with Crippen molar-refractivity contribution >= 4 is 0 Å². The van der Waals surface area contributed by atoms with Gasteiger partial charge in [0.1, 0.15) is 0 Å². The summed E-state index contributed by atoms with van der Waals surface area (Å²) >= 11 is 0. The molecule has 0 aliphatic heterocycles. The lowest BCUT2D eigenvalue weighted by atomic mass is 9.48. The average molecular weight is 280 g/mol. The van der Waals surface area contributed by atoms with Crippen LogP contribution < -0.4 is 5.73 Å². The summed E-state index contributed by atoms with van der Waals surface area (Å²) in [5, 5.41) is 0. The fraction of sp³-hybridized carbons (Fsp3) is 1.00. The third-order valence-electron chi connectivity index (χ3n) is 6.87. The highest BCUT2D eigenvalue weighted by atomic mass is 14.6. The smallest absolute Gasteiger partial charge is 0.00771 e. The van der Waals surface area contributed by atoms with Gasteiger partial charge in [-0.25, -0.2) is 0 Å². The van der Waals surface area contributed by atoms with Gasteiger partial charge in [0.25, 0.3) is 0 Å². The molecule has 0 heterocycles. The van der Waals surface area contributed by atoms with Crippen molar-refractivity contribution in [3.05, 3.63) is 0 Å². The number of fused-ring (bicyclic) bond motifs is 1. The van der Waals surface area contributed by atoms with Gasteiger partial charge in [-0.1, -0.05) is 40.5 Å². The summed E-state index contributed by atoms with van der Waals surface area (Å²) in [5.74, 6) is 2.94. The quantitative estimate of drug-likeness (QED) is 0.718. The molecule has 2 aliphatic carbocycles. The van der Waals surface area contributed by atoms with E-state index in [2.05, 4.69) is 27.7 Å². The number of hydrogen-bond donors (Lipinski definition) is 1. The van der Waals surface area contributed by atoms with Crippen LogP contribution in [0.25, 0.3) is 0 Å². The third kappa shape index (κ3) is 3.08. The lowest BCUT2D eigenvalue weighted by Gasteiger charge is -2.57. The maximum Gasteiger partial charge on any atom is -0.00771 e. The van der Waals surface area contributed by atoms with Crippen LogP contribution in [0, 0.1) is 28.6 Å². The van der Waals surface area contributed by atoms with Crippen molar-refractivity contribution in [3.8, 4) is 0 Å². The van der Waals surface area contributed by atoms with Crippen LogP contribution in [0.5, 0.6) is 0 Å². The second kappa shape index (κ2) is 6.38. The Bertz CT molecular complexity index is 309. The zero-order valence-corrected chi connectivity index (χ0v) is 14.4. The predicted octanol–water partition coefficient (Wildman–Crippen LogP) is 5.38. The van der Waals surface area contributed by atoms with E-state index in [-0.39, 0.29) is 0 Å². The predicted molar refractivity (Wildman–Crippen MR) is 88.6 cm³/mol. The first-order chi connectivity index (χ1) is 9.44. The highest BCUT2D eigenvalue weighted by Crippen LogP contribution is 2.59. The van der Waals surface area contributed by atoms with E-state index in [1.807, 2.05) is 0 Å².